The van der Waals surface area contributed by atoms with E-state index in [1.54, 1.807) is 26.2 Å². The van der Waals surface area contributed by atoms with Crippen LogP contribution in [-0.4, -0.2) is 82.3 Å². The number of methoxy groups -OCH3 is 1. The van der Waals surface area contributed by atoms with E-state index in [-0.39, 0.29) is 37.5 Å². The molecule has 0 aliphatic carbocycles. The molecule has 0 saturated carbocycles. The van der Waals surface area contributed by atoms with Crippen molar-refractivity contribution in [1.29, 1.82) is 0 Å². The van der Waals surface area contributed by atoms with E-state index in [0.29, 0.717) is 44.6 Å². The third kappa shape index (κ3) is 11.2. The average molecular weight is 532 g/mol. The number of fused-ring (bicyclic) bond motifs is 17. The number of nitrogens with zero attached hydrogens (tertiary/aromatic N) is 1. The molecule has 2 N–H and O–H groups in total. The molecule has 9 nitrogen and oxygen atoms in total. The van der Waals surface area contributed by atoms with E-state index in [1.165, 1.54) is 5.57 Å². The summed E-state index contributed by atoms with van der Waals surface area (Å²) < 4.78 is 16.4. The molecule has 2 heterocycles. The van der Waals surface area contributed by atoms with Crippen LogP contribution in [0.1, 0.15) is 52.0 Å². The third-order valence-corrected chi connectivity index (χ3v) is 6.56. The summed E-state index contributed by atoms with van der Waals surface area (Å²) >= 11 is 0. The number of amides is 2. The van der Waals surface area contributed by atoms with Crippen molar-refractivity contribution in [2.75, 3.05) is 59.7 Å². The topological polar surface area (TPSA) is 106 Å². The molecule has 1 unspecified atom stereocenters. The van der Waals surface area contributed by atoms with Gasteiger partial charge >= 0.3 is 5.97 Å². The molecule has 9 heteroatoms. The lowest BCUT2D eigenvalue weighted by Crippen LogP contribution is -2.46. The molecule has 0 saturated heterocycles. The first-order chi connectivity index (χ1) is 18.3. The molecular formula is C29H45N3O6. The van der Waals surface area contributed by atoms with Crippen LogP contribution in [0.5, 0.6) is 5.75 Å². The van der Waals surface area contributed by atoms with Crippen molar-refractivity contribution < 1.29 is 28.6 Å². The van der Waals surface area contributed by atoms with Gasteiger partial charge in [0.25, 0.3) is 5.91 Å². The third-order valence-electron chi connectivity index (χ3n) is 6.56. The maximum absolute atomic E-state index is 13.2. The zero-order valence-corrected chi connectivity index (χ0v) is 23.5. The van der Waals surface area contributed by atoms with Crippen LogP contribution in [0.2, 0.25) is 0 Å². The van der Waals surface area contributed by atoms with Crippen molar-refractivity contribution in [3.05, 3.63) is 41.5 Å². The fraction of sp³-hybridized carbons (Fsp3) is 0.621. The highest BCUT2D eigenvalue weighted by molar-refractivity contribution is 5.80. The number of allylic oxidation sites excluding steroid dienone is 1. The predicted octanol–water partition coefficient (Wildman–Crippen LogP) is 2.88. The lowest BCUT2D eigenvalue weighted by atomic mass is 9.78. The van der Waals surface area contributed by atoms with Crippen LogP contribution in [0.15, 0.2) is 35.9 Å². The zero-order chi connectivity index (χ0) is 27.8. The minimum absolute atomic E-state index is 0.0620. The molecule has 1 atom stereocenters. The second-order valence-corrected chi connectivity index (χ2v) is 10.0. The van der Waals surface area contributed by atoms with E-state index in [1.807, 2.05) is 12.1 Å². The fourth-order valence-corrected chi connectivity index (χ4v) is 4.32. The van der Waals surface area contributed by atoms with Gasteiger partial charge in [-0.3, -0.25) is 19.3 Å². The summed E-state index contributed by atoms with van der Waals surface area (Å²) in [5.41, 5.74) is 1.16. The maximum Gasteiger partial charge on any atom is 0.314 e. The monoisotopic (exact) mass is 531 g/mol. The van der Waals surface area contributed by atoms with Crippen LogP contribution in [0.25, 0.3) is 0 Å². The van der Waals surface area contributed by atoms with Crippen LogP contribution < -0.4 is 15.4 Å². The van der Waals surface area contributed by atoms with E-state index in [9.17, 15) is 14.4 Å². The molecule has 3 rings (SSSR count). The molecule has 2 amide bonds. The Morgan fingerprint density at radius 1 is 1.11 bits per heavy atom. The molecule has 1 aromatic rings. The van der Waals surface area contributed by atoms with Gasteiger partial charge in [0.1, 0.15) is 5.75 Å². The highest BCUT2D eigenvalue weighted by Gasteiger charge is 2.40. The van der Waals surface area contributed by atoms with Gasteiger partial charge in [-0.1, -0.05) is 23.8 Å². The molecule has 38 heavy (non-hydrogen) atoms. The zero-order valence-electron chi connectivity index (χ0n) is 23.5. The Labute approximate surface area is 227 Å². The van der Waals surface area contributed by atoms with Crippen LogP contribution in [0.3, 0.4) is 0 Å². The van der Waals surface area contributed by atoms with Crippen LogP contribution in [0, 0.1) is 5.41 Å². The van der Waals surface area contributed by atoms with Crippen molar-refractivity contribution in [3.63, 3.8) is 0 Å². The van der Waals surface area contributed by atoms with E-state index < -0.39 is 5.41 Å². The number of esters is 1. The highest BCUT2D eigenvalue weighted by atomic mass is 16.5. The lowest BCUT2D eigenvalue weighted by Gasteiger charge is -2.32. The Hall–Kier alpha value is -2.91. The summed E-state index contributed by atoms with van der Waals surface area (Å²) in [6, 6.07) is 7.31. The number of hydrogen-bond acceptors (Lipinski definition) is 7. The number of carbonyl (C=O) groups is 3. The SMILES string of the molecule is CCOC(=O)C1(CCOC)CNC(=O)CCCN(CC=C(C)C)CCCNC(=O)COc2ccc(cc2)C1. The Morgan fingerprint density at radius 3 is 2.53 bits per heavy atom. The number of ether oxygens (including phenoxy) is 3. The molecule has 0 radical (unpaired) electrons. The Kier molecular flexibility index (Phi) is 13.9. The largest absolute Gasteiger partial charge is 0.484 e. The molecule has 1 aromatic carbocycles. The summed E-state index contributed by atoms with van der Waals surface area (Å²) in [4.78, 5) is 40.6. The normalized spacial score (nSPS) is 20.5. The summed E-state index contributed by atoms with van der Waals surface area (Å²) in [6.45, 7) is 9.51. The van der Waals surface area contributed by atoms with E-state index in [4.69, 9.17) is 14.2 Å². The standard InChI is InChI=1S/C29H45N3O6/c1-5-37-28(35)29(14-19-36-4)20-24-9-11-25(12-10-24)38-21-27(34)30-15-7-17-32(18-13-23(2)3)16-6-8-26(33)31-22-29/h9-13H,5-8,14-22H2,1-4H3,(H,30,34)(H,31,33). The molecule has 212 valence electrons. The van der Waals surface area contributed by atoms with Crippen molar-refractivity contribution in [3.8, 4) is 5.75 Å². The van der Waals surface area contributed by atoms with E-state index in [2.05, 4.69) is 35.5 Å². The van der Waals surface area contributed by atoms with Gasteiger partial charge in [0.15, 0.2) is 6.61 Å². The van der Waals surface area contributed by atoms with Crippen LogP contribution in [-0.2, 0) is 30.3 Å². The molecule has 2 aliphatic heterocycles. The Balaban J connectivity index is 2.25. The minimum Gasteiger partial charge on any atom is -0.484 e. The van der Waals surface area contributed by atoms with E-state index in [0.717, 1.165) is 31.6 Å². The summed E-state index contributed by atoms with van der Waals surface area (Å²) in [6.07, 6.45) is 4.78. The van der Waals surface area contributed by atoms with Crippen molar-refractivity contribution in [2.45, 2.75) is 52.9 Å². The number of nitrogens with one attached hydrogen (secondary N) is 2. The first kappa shape index (κ1) is 31.3. The summed E-state index contributed by atoms with van der Waals surface area (Å²) in [5.74, 6) is -0.0527. The van der Waals surface area contributed by atoms with Gasteiger partial charge in [0, 0.05) is 46.3 Å². The second-order valence-electron chi connectivity index (χ2n) is 10.0. The lowest BCUT2D eigenvalue weighted by molar-refractivity contribution is -0.156. The van der Waals surface area contributed by atoms with Crippen LogP contribution >= 0.6 is 0 Å². The molecule has 0 fully saturated rings. The van der Waals surface area contributed by atoms with Gasteiger partial charge in [-0.25, -0.2) is 0 Å². The predicted molar refractivity (Wildman–Crippen MR) is 147 cm³/mol. The minimum atomic E-state index is -0.972. The van der Waals surface area contributed by atoms with Crippen molar-refractivity contribution >= 4 is 17.8 Å². The molecule has 2 bridgehead atoms. The second kappa shape index (κ2) is 16.8. The van der Waals surface area contributed by atoms with Crippen molar-refractivity contribution in [2.24, 2.45) is 5.41 Å². The van der Waals surface area contributed by atoms with Crippen molar-refractivity contribution in [1.82, 2.24) is 15.5 Å². The number of hydrogen-bond donors (Lipinski definition) is 2. The van der Waals surface area contributed by atoms with Gasteiger partial charge in [0.2, 0.25) is 5.91 Å². The number of benzene rings is 1. The van der Waals surface area contributed by atoms with E-state index >= 15 is 0 Å². The van der Waals surface area contributed by atoms with Gasteiger partial charge in [0.05, 0.1) is 12.0 Å². The first-order valence-corrected chi connectivity index (χ1v) is 13.5. The summed E-state index contributed by atoms with van der Waals surface area (Å²) in [7, 11) is 1.59. The number of carbonyl (C=O) groups excluding carboxylic acids is 3. The molecule has 2 aliphatic rings. The maximum atomic E-state index is 13.2. The van der Waals surface area contributed by atoms with Gasteiger partial charge < -0.3 is 24.8 Å². The smallest absolute Gasteiger partial charge is 0.314 e. The van der Waals surface area contributed by atoms with Gasteiger partial charge in [-0.2, -0.15) is 0 Å². The van der Waals surface area contributed by atoms with Gasteiger partial charge in [-0.15, -0.1) is 0 Å². The molecule has 0 spiro atoms. The highest BCUT2D eigenvalue weighted by Crippen LogP contribution is 2.30. The average Bonchev–Trinajstić information content (AvgIpc) is 2.90. The van der Waals surface area contributed by atoms with Crippen LogP contribution in [0.4, 0.5) is 0 Å². The molecule has 0 aromatic heterocycles. The molecular weight excluding hydrogens is 486 g/mol. The van der Waals surface area contributed by atoms with Gasteiger partial charge in [-0.05, 0) is 70.7 Å². The quantitative estimate of drug-likeness (QED) is 0.412. The Morgan fingerprint density at radius 2 is 1.84 bits per heavy atom. The first-order valence-electron chi connectivity index (χ1n) is 13.5. The number of rotatable bonds is 7. The Bertz CT molecular complexity index is 913. The summed E-state index contributed by atoms with van der Waals surface area (Å²) in [5, 5.41) is 5.92. The fourth-order valence-electron chi connectivity index (χ4n) is 4.32.